The van der Waals surface area contributed by atoms with Gasteiger partial charge in [0.25, 0.3) is 5.91 Å². The van der Waals surface area contributed by atoms with Gasteiger partial charge < -0.3 is 9.64 Å². The van der Waals surface area contributed by atoms with Gasteiger partial charge in [-0.2, -0.15) is 5.10 Å². The van der Waals surface area contributed by atoms with Crippen LogP contribution in [0.3, 0.4) is 0 Å². The number of nitrogens with zero attached hydrogens (tertiary/aromatic N) is 4. The third-order valence-corrected chi connectivity index (χ3v) is 4.38. The minimum atomic E-state index is -0.0533. The Hall–Kier alpha value is -2.86. The molecule has 2 heterocycles. The van der Waals surface area contributed by atoms with Gasteiger partial charge in [-0.25, -0.2) is 9.67 Å². The van der Waals surface area contributed by atoms with Gasteiger partial charge in [-0.05, 0) is 24.3 Å². The molecule has 0 saturated carbocycles. The molecule has 0 N–H and O–H groups in total. The number of carbonyl (C=O) groups is 1. The SMILES string of the molecule is O=C(c1ccccc1-n1cncn1)N1CC(Oc2ccccc2Cl)C1. The van der Waals surface area contributed by atoms with Crippen LogP contribution in [0.2, 0.25) is 5.02 Å². The molecular weight excluding hydrogens is 340 g/mol. The van der Waals surface area contributed by atoms with Gasteiger partial charge in [-0.3, -0.25) is 4.79 Å². The van der Waals surface area contributed by atoms with Gasteiger partial charge in [0.2, 0.25) is 0 Å². The van der Waals surface area contributed by atoms with E-state index in [1.807, 2.05) is 36.4 Å². The number of para-hydroxylation sites is 2. The Morgan fingerprint density at radius 1 is 1.12 bits per heavy atom. The summed E-state index contributed by atoms with van der Waals surface area (Å²) >= 11 is 6.10. The Bertz CT molecular complexity index is 892. The number of rotatable bonds is 4. The molecule has 25 heavy (non-hydrogen) atoms. The van der Waals surface area contributed by atoms with Crippen molar-refractivity contribution in [1.29, 1.82) is 0 Å². The van der Waals surface area contributed by atoms with Crippen molar-refractivity contribution in [2.45, 2.75) is 6.10 Å². The first-order valence-corrected chi connectivity index (χ1v) is 8.24. The average Bonchev–Trinajstić information content (AvgIpc) is 3.13. The minimum absolute atomic E-state index is 0.0508. The summed E-state index contributed by atoms with van der Waals surface area (Å²) in [7, 11) is 0. The Balaban J connectivity index is 1.45. The highest BCUT2D eigenvalue weighted by Crippen LogP contribution is 2.27. The van der Waals surface area contributed by atoms with Crippen LogP contribution in [0.1, 0.15) is 10.4 Å². The van der Waals surface area contributed by atoms with E-state index in [0.29, 0.717) is 35.1 Å². The maximum absolute atomic E-state index is 12.8. The van der Waals surface area contributed by atoms with Gasteiger partial charge in [0, 0.05) is 0 Å². The lowest BCUT2D eigenvalue weighted by molar-refractivity contribution is 0.0178. The second-order valence-corrected chi connectivity index (χ2v) is 6.14. The maximum atomic E-state index is 12.8. The molecule has 1 aliphatic heterocycles. The second kappa shape index (κ2) is 6.57. The summed E-state index contributed by atoms with van der Waals surface area (Å²) < 4.78 is 7.43. The van der Waals surface area contributed by atoms with Crippen molar-refractivity contribution in [3.63, 3.8) is 0 Å². The van der Waals surface area contributed by atoms with E-state index < -0.39 is 0 Å². The molecule has 3 aromatic rings. The highest BCUT2D eigenvalue weighted by Gasteiger charge is 2.34. The van der Waals surface area contributed by atoms with Crippen molar-refractivity contribution in [3.8, 4) is 11.4 Å². The van der Waals surface area contributed by atoms with Gasteiger partial charge in [-0.1, -0.05) is 35.9 Å². The predicted octanol–water partition coefficient (Wildman–Crippen LogP) is 2.82. The first kappa shape index (κ1) is 15.7. The van der Waals surface area contributed by atoms with E-state index >= 15 is 0 Å². The molecule has 1 aromatic heterocycles. The quantitative estimate of drug-likeness (QED) is 0.723. The van der Waals surface area contributed by atoms with Crippen LogP contribution in [0, 0.1) is 0 Å². The van der Waals surface area contributed by atoms with Crippen LogP contribution < -0.4 is 4.74 Å². The third kappa shape index (κ3) is 3.08. The van der Waals surface area contributed by atoms with Crippen molar-refractivity contribution in [2.75, 3.05) is 13.1 Å². The molecule has 0 bridgehead atoms. The Kier molecular flexibility index (Phi) is 4.11. The molecule has 0 unspecified atom stereocenters. The number of halogens is 1. The summed E-state index contributed by atoms with van der Waals surface area (Å²) in [6, 6.07) is 14.7. The monoisotopic (exact) mass is 354 g/mol. The van der Waals surface area contributed by atoms with Crippen molar-refractivity contribution in [3.05, 3.63) is 71.8 Å². The molecule has 4 rings (SSSR count). The molecule has 7 heteroatoms. The molecule has 0 radical (unpaired) electrons. The van der Waals surface area contributed by atoms with E-state index in [4.69, 9.17) is 16.3 Å². The van der Waals surface area contributed by atoms with Crippen molar-refractivity contribution >= 4 is 17.5 Å². The van der Waals surface area contributed by atoms with Crippen LogP contribution in [0.4, 0.5) is 0 Å². The molecule has 0 atom stereocenters. The van der Waals surface area contributed by atoms with Crippen LogP contribution in [0.5, 0.6) is 5.75 Å². The zero-order chi connectivity index (χ0) is 17.2. The number of ether oxygens (including phenoxy) is 1. The zero-order valence-electron chi connectivity index (χ0n) is 13.2. The number of amides is 1. The minimum Gasteiger partial charge on any atom is -0.485 e. The van der Waals surface area contributed by atoms with Crippen molar-refractivity contribution in [2.24, 2.45) is 0 Å². The molecule has 126 valence electrons. The smallest absolute Gasteiger partial charge is 0.256 e. The summed E-state index contributed by atoms with van der Waals surface area (Å²) in [5, 5.41) is 4.68. The van der Waals surface area contributed by atoms with Crippen LogP contribution >= 0.6 is 11.6 Å². The Morgan fingerprint density at radius 2 is 1.88 bits per heavy atom. The fourth-order valence-electron chi connectivity index (χ4n) is 2.76. The standard InChI is InChI=1S/C18H15ClN4O2/c19-15-6-2-4-8-17(15)25-13-9-22(10-13)18(24)14-5-1-3-7-16(14)23-12-20-11-21-23/h1-8,11-13H,9-10H2. The zero-order valence-corrected chi connectivity index (χ0v) is 14.0. The van der Waals surface area contributed by atoms with E-state index in [-0.39, 0.29) is 12.0 Å². The topological polar surface area (TPSA) is 60.2 Å². The lowest BCUT2D eigenvalue weighted by Crippen LogP contribution is -2.56. The molecule has 0 aliphatic carbocycles. The third-order valence-electron chi connectivity index (χ3n) is 4.07. The summed E-state index contributed by atoms with van der Waals surface area (Å²) in [4.78, 5) is 18.5. The average molecular weight is 355 g/mol. The molecule has 1 saturated heterocycles. The maximum Gasteiger partial charge on any atom is 0.256 e. The number of hydrogen-bond acceptors (Lipinski definition) is 4. The van der Waals surface area contributed by atoms with Crippen molar-refractivity contribution < 1.29 is 9.53 Å². The number of carbonyl (C=O) groups excluding carboxylic acids is 1. The van der Waals surface area contributed by atoms with Crippen LogP contribution in [-0.4, -0.2) is 44.8 Å². The first-order chi connectivity index (χ1) is 12.2. The molecule has 1 aliphatic rings. The van der Waals surface area contributed by atoms with Gasteiger partial charge in [0.15, 0.2) is 0 Å². The summed E-state index contributed by atoms with van der Waals surface area (Å²) in [6.45, 7) is 1.05. The molecular formula is C18H15ClN4O2. The summed E-state index contributed by atoms with van der Waals surface area (Å²) in [5.74, 6) is 0.592. The lowest BCUT2D eigenvalue weighted by Gasteiger charge is -2.39. The second-order valence-electron chi connectivity index (χ2n) is 5.74. The Labute approximate surface area is 149 Å². The molecule has 1 amide bonds. The summed E-state index contributed by atoms with van der Waals surface area (Å²) in [6.07, 6.45) is 2.96. The molecule has 2 aromatic carbocycles. The van der Waals surface area contributed by atoms with Gasteiger partial charge in [0.05, 0.1) is 29.4 Å². The molecule has 6 nitrogen and oxygen atoms in total. The number of hydrogen-bond donors (Lipinski definition) is 0. The van der Waals surface area contributed by atoms with E-state index in [2.05, 4.69) is 10.1 Å². The normalized spacial score (nSPS) is 14.2. The number of benzene rings is 2. The predicted molar refractivity (Wildman–Crippen MR) is 93.1 cm³/mol. The highest BCUT2D eigenvalue weighted by atomic mass is 35.5. The summed E-state index contributed by atoms with van der Waals surface area (Å²) in [5.41, 5.74) is 1.30. The number of likely N-dealkylation sites (tertiary alicyclic amines) is 1. The van der Waals surface area contributed by atoms with E-state index in [9.17, 15) is 4.79 Å². The van der Waals surface area contributed by atoms with E-state index in [1.165, 1.54) is 6.33 Å². The molecule has 1 fully saturated rings. The van der Waals surface area contributed by atoms with Crippen LogP contribution in [0.25, 0.3) is 5.69 Å². The highest BCUT2D eigenvalue weighted by molar-refractivity contribution is 6.32. The molecule has 0 spiro atoms. The van der Waals surface area contributed by atoms with Gasteiger partial charge in [-0.15, -0.1) is 0 Å². The van der Waals surface area contributed by atoms with Gasteiger partial charge >= 0.3 is 0 Å². The van der Waals surface area contributed by atoms with Crippen molar-refractivity contribution in [1.82, 2.24) is 19.7 Å². The van der Waals surface area contributed by atoms with Gasteiger partial charge in [0.1, 0.15) is 24.5 Å². The number of aromatic nitrogens is 3. The van der Waals surface area contributed by atoms with E-state index in [1.54, 1.807) is 28.0 Å². The fraction of sp³-hybridized carbons (Fsp3) is 0.167. The largest absolute Gasteiger partial charge is 0.485 e. The van der Waals surface area contributed by atoms with Crippen LogP contribution in [-0.2, 0) is 0 Å². The first-order valence-electron chi connectivity index (χ1n) is 7.87. The Morgan fingerprint density at radius 3 is 2.64 bits per heavy atom. The lowest BCUT2D eigenvalue weighted by atomic mass is 10.1. The van der Waals surface area contributed by atoms with E-state index in [0.717, 1.165) is 0 Å². The van der Waals surface area contributed by atoms with Crippen LogP contribution in [0.15, 0.2) is 61.2 Å². The fourth-order valence-corrected chi connectivity index (χ4v) is 2.94.